The van der Waals surface area contributed by atoms with Crippen LogP contribution in [0.25, 0.3) is 16.6 Å². The average Bonchev–Trinajstić information content (AvgIpc) is 2.66. The Bertz CT molecular complexity index is 736. The molecule has 1 aromatic carbocycles. The van der Waals surface area contributed by atoms with Crippen LogP contribution in [-0.4, -0.2) is 21.4 Å². The molecule has 2 aromatic heterocycles. The van der Waals surface area contributed by atoms with Gasteiger partial charge in [0.05, 0.1) is 19.0 Å². The van der Waals surface area contributed by atoms with E-state index in [0.29, 0.717) is 12.3 Å². The molecule has 0 N–H and O–H groups in total. The molecule has 0 amide bonds. The minimum atomic E-state index is -0.380. The smallest absolute Gasteiger partial charge is 0.407 e. The highest BCUT2D eigenvalue weighted by Crippen LogP contribution is 2.19. The number of hydrogen-bond acceptors (Lipinski definition) is 4. The van der Waals surface area contributed by atoms with E-state index in [1.165, 1.54) is 4.40 Å². The zero-order chi connectivity index (χ0) is 12.7. The van der Waals surface area contributed by atoms with E-state index in [2.05, 4.69) is 10.1 Å². The summed E-state index contributed by atoms with van der Waals surface area (Å²) in [7, 11) is 1.74. The lowest BCUT2D eigenvalue weighted by Gasteiger charge is -2.04. The third-order valence-corrected chi connectivity index (χ3v) is 2.77. The van der Waals surface area contributed by atoms with Gasteiger partial charge in [-0.05, 0) is 24.2 Å². The molecule has 0 unspecified atom stereocenters. The molecule has 18 heavy (non-hydrogen) atoms. The molecule has 6 heteroatoms. The molecule has 0 bridgehead atoms. The number of rotatable bonds is 2. The number of ether oxygens (including phenoxy) is 1. The minimum Gasteiger partial charge on any atom is -0.824 e. The second kappa shape index (κ2) is 3.83. The lowest BCUT2D eigenvalue weighted by Crippen LogP contribution is -2.29. The number of benzene rings is 1. The molecular formula is C12H12N4O2. The number of hydrogen-bond donors (Lipinski definition) is 0. The summed E-state index contributed by atoms with van der Waals surface area (Å²) in [6.07, 6.45) is 0. The van der Waals surface area contributed by atoms with E-state index in [1.54, 1.807) is 11.7 Å². The Morgan fingerprint density at radius 3 is 2.94 bits per heavy atom. The molecule has 6 nitrogen and oxygen atoms in total. The summed E-state index contributed by atoms with van der Waals surface area (Å²) in [4.78, 5) is 4.35. The number of nitrogens with zero attached hydrogens (tertiary/aromatic N) is 4. The Morgan fingerprint density at radius 1 is 1.39 bits per heavy atom. The maximum absolute atomic E-state index is 11.8. The molecular weight excluding hydrogens is 232 g/mol. The molecule has 3 rings (SSSR count). The third kappa shape index (κ3) is 1.38. The molecule has 0 aliphatic heterocycles. The van der Waals surface area contributed by atoms with Gasteiger partial charge in [0.1, 0.15) is 5.52 Å². The summed E-state index contributed by atoms with van der Waals surface area (Å²) >= 11 is 0. The van der Waals surface area contributed by atoms with Gasteiger partial charge in [-0.15, -0.1) is 4.68 Å². The van der Waals surface area contributed by atoms with Gasteiger partial charge in [-0.2, -0.15) is 4.40 Å². The summed E-state index contributed by atoms with van der Waals surface area (Å²) in [6.45, 7) is 2.30. The highest BCUT2D eigenvalue weighted by Gasteiger charge is 2.20. The number of aryl methyl sites for hydroxylation is 1. The molecule has 92 valence electrons. The van der Waals surface area contributed by atoms with Gasteiger partial charge in [-0.25, -0.2) is 0 Å². The molecule has 0 saturated heterocycles. The summed E-state index contributed by atoms with van der Waals surface area (Å²) in [5.74, 6) is 0. The molecule has 0 aliphatic carbocycles. The first-order chi connectivity index (χ1) is 8.72. The fourth-order valence-corrected chi connectivity index (χ4v) is 2.06. The van der Waals surface area contributed by atoms with Crippen LogP contribution in [0.5, 0.6) is 12.0 Å². The molecule has 0 fully saturated rings. The first-order valence-corrected chi connectivity index (χ1v) is 5.69. The van der Waals surface area contributed by atoms with Gasteiger partial charge < -0.3 is 9.84 Å². The molecule has 0 atom stereocenters. The van der Waals surface area contributed by atoms with E-state index < -0.39 is 0 Å². The van der Waals surface area contributed by atoms with E-state index in [1.807, 2.05) is 31.2 Å². The van der Waals surface area contributed by atoms with Crippen molar-refractivity contribution in [2.24, 2.45) is 7.05 Å². The third-order valence-electron chi connectivity index (χ3n) is 2.77. The second-order valence-electron chi connectivity index (χ2n) is 3.91. The Balaban J connectivity index is 2.52. The van der Waals surface area contributed by atoms with Crippen molar-refractivity contribution in [1.82, 2.24) is 14.8 Å². The van der Waals surface area contributed by atoms with Crippen molar-refractivity contribution in [3.63, 3.8) is 0 Å². The number of aromatic nitrogens is 4. The van der Waals surface area contributed by atoms with Gasteiger partial charge in [0.25, 0.3) is 0 Å². The van der Waals surface area contributed by atoms with Crippen molar-refractivity contribution in [2.45, 2.75) is 6.92 Å². The van der Waals surface area contributed by atoms with Crippen LogP contribution in [0.15, 0.2) is 24.3 Å². The fourth-order valence-electron chi connectivity index (χ4n) is 2.06. The maximum Gasteiger partial charge on any atom is 0.407 e. The first-order valence-electron chi connectivity index (χ1n) is 5.69. The predicted molar refractivity (Wildman–Crippen MR) is 62.3 cm³/mol. The SMILES string of the molecule is CCOc1nc2ccccc2c2n(C)nc([O-])[n+]12. The summed E-state index contributed by atoms with van der Waals surface area (Å²) < 4.78 is 8.37. The minimum absolute atomic E-state index is 0.282. The van der Waals surface area contributed by atoms with Crippen LogP contribution < -0.4 is 14.2 Å². The second-order valence-corrected chi connectivity index (χ2v) is 3.91. The largest absolute Gasteiger partial charge is 0.824 e. The summed E-state index contributed by atoms with van der Waals surface area (Å²) in [6, 6.07) is 7.50. The Kier molecular flexibility index (Phi) is 2.29. The first kappa shape index (κ1) is 10.8. The van der Waals surface area contributed by atoms with Crippen LogP contribution in [0.2, 0.25) is 0 Å². The van der Waals surface area contributed by atoms with Gasteiger partial charge in [0, 0.05) is 0 Å². The zero-order valence-corrected chi connectivity index (χ0v) is 10.1. The van der Waals surface area contributed by atoms with Gasteiger partial charge in [-0.1, -0.05) is 17.1 Å². The standard InChI is InChI=1S/C12H12N4O2/c1-3-18-12-13-9-7-5-4-6-8(9)10-15(2)14-11(17)16(10)12/h4-7H,3H2,1-2H3. The van der Waals surface area contributed by atoms with Crippen LogP contribution in [0.1, 0.15) is 6.92 Å². The van der Waals surface area contributed by atoms with Crippen molar-refractivity contribution in [1.29, 1.82) is 0 Å². The van der Waals surface area contributed by atoms with Crippen molar-refractivity contribution >= 4 is 16.6 Å². The Labute approximate surface area is 103 Å². The molecule has 0 aliphatic rings. The topological polar surface area (TPSA) is 67.1 Å². The van der Waals surface area contributed by atoms with Crippen molar-refractivity contribution in [2.75, 3.05) is 6.61 Å². The Morgan fingerprint density at radius 2 is 2.17 bits per heavy atom. The average molecular weight is 244 g/mol. The predicted octanol–water partition coefficient (Wildman–Crippen LogP) is 0.179. The lowest BCUT2D eigenvalue weighted by molar-refractivity contribution is -0.594. The number of fused-ring (bicyclic) bond motifs is 3. The van der Waals surface area contributed by atoms with E-state index in [0.717, 1.165) is 10.9 Å². The molecule has 0 spiro atoms. The van der Waals surface area contributed by atoms with Crippen LogP contribution >= 0.6 is 0 Å². The zero-order valence-electron chi connectivity index (χ0n) is 10.1. The molecule has 3 aromatic rings. The normalized spacial score (nSPS) is 11.2. The molecule has 2 heterocycles. The monoisotopic (exact) mass is 244 g/mol. The summed E-state index contributed by atoms with van der Waals surface area (Å²) in [5, 5.41) is 16.6. The van der Waals surface area contributed by atoms with Gasteiger partial charge in [0.2, 0.25) is 11.7 Å². The summed E-state index contributed by atoms with van der Waals surface area (Å²) in [5.41, 5.74) is 1.47. The van der Waals surface area contributed by atoms with Crippen molar-refractivity contribution in [3.05, 3.63) is 24.3 Å². The molecule has 0 radical (unpaired) electrons. The van der Waals surface area contributed by atoms with E-state index in [4.69, 9.17) is 4.74 Å². The van der Waals surface area contributed by atoms with E-state index in [-0.39, 0.29) is 12.0 Å². The molecule has 0 saturated carbocycles. The maximum atomic E-state index is 11.8. The highest BCUT2D eigenvalue weighted by molar-refractivity contribution is 5.89. The van der Waals surface area contributed by atoms with Crippen molar-refractivity contribution < 1.29 is 14.2 Å². The quantitative estimate of drug-likeness (QED) is 0.603. The van der Waals surface area contributed by atoms with Gasteiger partial charge in [-0.3, -0.25) is 0 Å². The van der Waals surface area contributed by atoms with Crippen LogP contribution in [0.4, 0.5) is 0 Å². The Hall–Kier alpha value is -2.37. The van der Waals surface area contributed by atoms with Crippen LogP contribution in [0.3, 0.4) is 0 Å². The van der Waals surface area contributed by atoms with E-state index in [9.17, 15) is 5.11 Å². The van der Waals surface area contributed by atoms with Crippen LogP contribution in [0, 0.1) is 0 Å². The van der Waals surface area contributed by atoms with Gasteiger partial charge >= 0.3 is 6.01 Å². The van der Waals surface area contributed by atoms with Crippen LogP contribution in [-0.2, 0) is 7.05 Å². The highest BCUT2D eigenvalue weighted by atomic mass is 16.5. The van der Waals surface area contributed by atoms with E-state index >= 15 is 0 Å². The number of para-hydroxylation sites is 1. The lowest BCUT2D eigenvalue weighted by atomic mass is 10.2. The van der Waals surface area contributed by atoms with Crippen molar-refractivity contribution in [3.8, 4) is 12.0 Å². The fraction of sp³-hybridized carbons (Fsp3) is 0.250. The van der Waals surface area contributed by atoms with Gasteiger partial charge in [0.15, 0.2) is 0 Å².